The van der Waals surface area contributed by atoms with E-state index in [9.17, 15) is 19.5 Å². The molecule has 2 rings (SSSR count). The van der Waals surface area contributed by atoms with Gasteiger partial charge in [0.15, 0.2) is 0 Å². The molecular formula is C28H43N3O4. The van der Waals surface area contributed by atoms with Crippen LogP contribution in [0, 0.1) is 5.92 Å². The Bertz CT molecular complexity index is 891. The summed E-state index contributed by atoms with van der Waals surface area (Å²) in [6, 6.07) is 8.67. The zero-order chi connectivity index (χ0) is 26.2. The standard InChI is InChI=1S/C28H43N3O4/c1-7-22(26(33)31(6)23(19(2)3)18-20(4)27(34)35)30-25(32)24(29-5)28(16-12-9-13-17-28)21-14-10-8-11-15-21/h8,10-11,14-15,18-19,22-24,29H,7,9,12-13,16-17H2,1-6H3,(H,30,32)(H,34,35)/b20-18+/t22-,23+,24?/m0/s1. The van der Waals surface area contributed by atoms with Gasteiger partial charge in [-0.1, -0.05) is 76.4 Å². The van der Waals surface area contributed by atoms with E-state index in [2.05, 4.69) is 22.8 Å². The second-order valence-electron chi connectivity index (χ2n) is 10.1. The van der Waals surface area contributed by atoms with Crippen molar-refractivity contribution < 1.29 is 19.5 Å². The predicted molar refractivity (Wildman–Crippen MR) is 139 cm³/mol. The second-order valence-corrected chi connectivity index (χ2v) is 10.1. The fourth-order valence-electron chi connectivity index (χ4n) is 5.42. The van der Waals surface area contributed by atoms with E-state index in [-0.39, 0.29) is 28.7 Å². The van der Waals surface area contributed by atoms with Crippen molar-refractivity contribution in [2.24, 2.45) is 5.92 Å². The van der Waals surface area contributed by atoms with Crippen molar-refractivity contribution in [2.75, 3.05) is 14.1 Å². The van der Waals surface area contributed by atoms with Gasteiger partial charge in [0.05, 0.1) is 12.1 Å². The molecule has 0 bridgehead atoms. The zero-order valence-corrected chi connectivity index (χ0v) is 22.1. The molecule has 1 aromatic carbocycles. The van der Waals surface area contributed by atoms with Gasteiger partial charge in [0.2, 0.25) is 11.8 Å². The lowest BCUT2D eigenvalue weighted by atomic mass is 9.64. The fourth-order valence-corrected chi connectivity index (χ4v) is 5.42. The fraction of sp³-hybridized carbons (Fsp3) is 0.607. The van der Waals surface area contributed by atoms with Gasteiger partial charge in [-0.2, -0.15) is 0 Å². The number of carboxylic acid groups (broad SMARTS) is 1. The van der Waals surface area contributed by atoms with Crippen LogP contribution in [0.4, 0.5) is 0 Å². The van der Waals surface area contributed by atoms with Gasteiger partial charge in [0.25, 0.3) is 0 Å². The number of likely N-dealkylation sites (N-methyl/N-ethyl adjacent to an activating group) is 2. The highest BCUT2D eigenvalue weighted by atomic mass is 16.4. The predicted octanol–water partition coefficient (Wildman–Crippen LogP) is 3.89. The Morgan fingerprint density at radius 2 is 1.71 bits per heavy atom. The molecule has 0 radical (unpaired) electrons. The van der Waals surface area contributed by atoms with Crippen LogP contribution in [0.15, 0.2) is 42.0 Å². The molecule has 35 heavy (non-hydrogen) atoms. The van der Waals surface area contributed by atoms with Gasteiger partial charge in [0.1, 0.15) is 6.04 Å². The van der Waals surface area contributed by atoms with Crippen LogP contribution in [0.25, 0.3) is 0 Å². The number of carboxylic acids is 1. The number of hydrogen-bond acceptors (Lipinski definition) is 4. The van der Waals surface area contributed by atoms with Crippen LogP contribution in [0.3, 0.4) is 0 Å². The van der Waals surface area contributed by atoms with E-state index in [1.54, 1.807) is 18.0 Å². The summed E-state index contributed by atoms with van der Waals surface area (Å²) in [6.07, 6.45) is 7.16. The van der Waals surface area contributed by atoms with Gasteiger partial charge in [0, 0.05) is 18.0 Å². The number of aliphatic carboxylic acids is 1. The third-order valence-corrected chi connectivity index (χ3v) is 7.46. The van der Waals surface area contributed by atoms with Crippen molar-refractivity contribution >= 4 is 17.8 Å². The number of nitrogens with one attached hydrogen (secondary N) is 2. The highest BCUT2D eigenvalue weighted by Crippen LogP contribution is 2.42. The smallest absolute Gasteiger partial charge is 0.331 e. The van der Waals surface area contributed by atoms with Gasteiger partial charge in [-0.25, -0.2) is 4.79 Å². The van der Waals surface area contributed by atoms with Crippen molar-refractivity contribution in [1.29, 1.82) is 0 Å². The Morgan fingerprint density at radius 3 is 2.20 bits per heavy atom. The first kappa shape index (κ1) is 28.6. The molecule has 3 atom stereocenters. The van der Waals surface area contributed by atoms with E-state index < -0.39 is 24.1 Å². The molecule has 7 nitrogen and oxygen atoms in total. The topological polar surface area (TPSA) is 98.7 Å². The lowest BCUT2D eigenvalue weighted by Crippen LogP contribution is -2.60. The highest BCUT2D eigenvalue weighted by molar-refractivity contribution is 5.91. The zero-order valence-electron chi connectivity index (χ0n) is 22.1. The summed E-state index contributed by atoms with van der Waals surface area (Å²) in [5.74, 6) is -1.39. The van der Waals surface area contributed by atoms with Crippen LogP contribution in [0.2, 0.25) is 0 Å². The first-order chi connectivity index (χ1) is 16.6. The lowest BCUT2D eigenvalue weighted by molar-refractivity contribution is -0.138. The maximum Gasteiger partial charge on any atom is 0.331 e. The van der Waals surface area contributed by atoms with Gasteiger partial charge < -0.3 is 20.6 Å². The summed E-state index contributed by atoms with van der Waals surface area (Å²) in [4.78, 5) is 40.1. The SMILES string of the molecule is CC[C@H](NC(=O)C(NC)C1(c2ccccc2)CCCCC1)C(=O)N(C)[C@H](/C=C(\C)C(=O)O)C(C)C. The molecule has 2 amide bonds. The van der Waals surface area contributed by atoms with Crippen molar-refractivity contribution in [3.05, 3.63) is 47.5 Å². The van der Waals surface area contributed by atoms with E-state index >= 15 is 0 Å². The normalized spacial score (nSPS) is 18.4. The summed E-state index contributed by atoms with van der Waals surface area (Å²) in [5.41, 5.74) is 1.02. The summed E-state index contributed by atoms with van der Waals surface area (Å²) in [6.45, 7) is 7.30. The molecule has 0 spiro atoms. The molecule has 1 aliphatic rings. The van der Waals surface area contributed by atoms with Crippen molar-refractivity contribution in [1.82, 2.24) is 15.5 Å². The number of amides is 2. The average Bonchev–Trinajstić information content (AvgIpc) is 2.86. The number of carbonyl (C=O) groups excluding carboxylic acids is 2. The van der Waals surface area contributed by atoms with Crippen molar-refractivity contribution in [3.63, 3.8) is 0 Å². The Kier molecular flexibility index (Phi) is 10.5. The molecule has 0 heterocycles. The van der Waals surface area contributed by atoms with Gasteiger partial charge >= 0.3 is 5.97 Å². The molecule has 0 aliphatic heterocycles. The van der Waals surface area contributed by atoms with Gasteiger partial charge in [-0.15, -0.1) is 0 Å². The molecule has 3 N–H and O–H groups in total. The van der Waals surface area contributed by atoms with E-state index in [4.69, 9.17) is 0 Å². The molecular weight excluding hydrogens is 442 g/mol. The summed E-state index contributed by atoms with van der Waals surface area (Å²) >= 11 is 0. The minimum atomic E-state index is -1.01. The van der Waals surface area contributed by atoms with Crippen LogP contribution in [-0.2, 0) is 19.8 Å². The first-order valence-electron chi connectivity index (χ1n) is 12.8. The van der Waals surface area contributed by atoms with Crippen molar-refractivity contribution in [3.8, 4) is 0 Å². The number of carbonyl (C=O) groups is 3. The van der Waals surface area contributed by atoms with E-state index in [0.29, 0.717) is 6.42 Å². The maximum atomic E-state index is 13.7. The quantitative estimate of drug-likeness (QED) is 0.413. The highest BCUT2D eigenvalue weighted by Gasteiger charge is 2.45. The average molecular weight is 486 g/mol. The van der Waals surface area contributed by atoms with Crippen LogP contribution in [-0.4, -0.2) is 60.0 Å². The molecule has 1 aliphatic carbocycles. The Balaban J connectivity index is 2.29. The minimum Gasteiger partial charge on any atom is -0.478 e. The number of benzene rings is 1. The largest absolute Gasteiger partial charge is 0.478 e. The van der Waals surface area contributed by atoms with Gasteiger partial charge in [-0.05, 0) is 44.7 Å². The van der Waals surface area contributed by atoms with Crippen LogP contribution in [0.1, 0.15) is 71.8 Å². The Labute approximate surface area is 210 Å². The second kappa shape index (κ2) is 12.9. The summed E-state index contributed by atoms with van der Waals surface area (Å²) in [5, 5.41) is 15.6. The Hall–Kier alpha value is -2.67. The minimum absolute atomic E-state index is 0.0140. The molecule has 1 aromatic rings. The molecule has 194 valence electrons. The molecule has 1 unspecified atom stereocenters. The molecule has 1 fully saturated rings. The third-order valence-electron chi connectivity index (χ3n) is 7.46. The van der Waals surface area contributed by atoms with E-state index in [1.807, 2.05) is 46.0 Å². The van der Waals surface area contributed by atoms with E-state index in [0.717, 1.165) is 37.7 Å². The summed E-state index contributed by atoms with van der Waals surface area (Å²) < 4.78 is 0. The Morgan fingerprint density at radius 1 is 1.11 bits per heavy atom. The number of hydrogen-bond donors (Lipinski definition) is 3. The monoisotopic (exact) mass is 485 g/mol. The van der Waals surface area contributed by atoms with Crippen LogP contribution < -0.4 is 10.6 Å². The third kappa shape index (κ3) is 6.72. The number of rotatable bonds is 11. The molecule has 1 saturated carbocycles. The molecule has 0 saturated heterocycles. The first-order valence-corrected chi connectivity index (χ1v) is 12.8. The maximum absolute atomic E-state index is 13.7. The van der Waals surface area contributed by atoms with Crippen LogP contribution in [0.5, 0.6) is 0 Å². The molecule has 0 aromatic heterocycles. The van der Waals surface area contributed by atoms with Crippen molar-refractivity contribution in [2.45, 2.75) is 89.8 Å². The molecule has 7 heteroatoms. The van der Waals surface area contributed by atoms with Crippen LogP contribution >= 0.6 is 0 Å². The number of nitrogens with zero attached hydrogens (tertiary/aromatic N) is 1. The van der Waals surface area contributed by atoms with E-state index in [1.165, 1.54) is 6.92 Å². The lowest BCUT2D eigenvalue weighted by Gasteiger charge is -2.43. The van der Waals surface area contributed by atoms with Gasteiger partial charge in [-0.3, -0.25) is 9.59 Å². The summed E-state index contributed by atoms with van der Waals surface area (Å²) in [7, 11) is 3.49.